The highest BCUT2D eigenvalue weighted by molar-refractivity contribution is 9.10. The van der Waals surface area contributed by atoms with Crippen molar-refractivity contribution in [3.05, 3.63) is 62.9 Å². The molecule has 0 aliphatic carbocycles. The van der Waals surface area contributed by atoms with Crippen LogP contribution in [0, 0.1) is 10.1 Å². The van der Waals surface area contributed by atoms with Gasteiger partial charge < -0.3 is 5.32 Å². The minimum atomic E-state index is -0.422. The Morgan fingerprint density at radius 2 is 2.22 bits per heavy atom. The van der Waals surface area contributed by atoms with Crippen LogP contribution in [0.15, 0.2) is 47.2 Å². The average molecular weight is 308 g/mol. The first kappa shape index (κ1) is 12.5. The molecule has 0 saturated heterocycles. The van der Waals surface area contributed by atoms with Crippen molar-refractivity contribution in [2.24, 2.45) is 0 Å². The van der Waals surface area contributed by atoms with E-state index in [0.29, 0.717) is 11.0 Å². The fourth-order valence-corrected chi connectivity index (χ4v) is 2.00. The second kappa shape index (κ2) is 5.59. The third kappa shape index (κ3) is 3.04. The van der Waals surface area contributed by atoms with Crippen LogP contribution in [0.3, 0.4) is 0 Å². The minimum absolute atomic E-state index is 0.0573. The predicted molar refractivity (Wildman–Crippen MR) is 72.4 cm³/mol. The zero-order chi connectivity index (χ0) is 13.0. The normalized spacial score (nSPS) is 10.1. The van der Waals surface area contributed by atoms with Gasteiger partial charge in [0.15, 0.2) is 0 Å². The third-order valence-corrected chi connectivity index (χ3v) is 3.00. The quantitative estimate of drug-likeness (QED) is 0.694. The average Bonchev–Trinajstić information content (AvgIpc) is 2.37. The Morgan fingerprint density at radius 1 is 1.39 bits per heavy atom. The number of hydrogen-bond donors (Lipinski definition) is 1. The van der Waals surface area contributed by atoms with Crippen molar-refractivity contribution in [3.63, 3.8) is 0 Å². The number of anilines is 1. The molecule has 92 valence electrons. The van der Waals surface area contributed by atoms with Gasteiger partial charge in [0, 0.05) is 30.7 Å². The molecular weight excluding hydrogens is 298 g/mol. The molecule has 18 heavy (non-hydrogen) atoms. The molecule has 1 N–H and O–H groups in total. The first-order valence-electron chi connectivity index (χ1n) is 5.23. The summed E-state index contributed by atoms with van der Waals surface area (Å²) in [6.45, 7) is 0.623. The summed E-state index contributed by atoms with van der Waals surface area (Å²) in [5, 5.41) is 13.8. The van der Waals surface area contributed by atoms with E-state index in [1.807, 2.05) is 12.1 Å². The highest BCUT2D eigenvalue weighted by Gasteiger charge is 2.11. The lowest BCUT2D eigenvalue weighted by atomic mass is 10.2. The molecule has 2 rings (SSSR count). The zero-order valence-corrected chi connectivity index (χ0v) is 10.9. The first-order valence-corrected chi connectivity index (χ1v) is 6.03. The molecule has 0 saturated carbocycles. The molecular formula is C12H10BrN3O2. The maximum atomic E-state index is 10.7. The number of rotatable bonds is 4. The number of halogens is 1. The molecule has 2 aromatic rings. The summed E-state index contributed by atoms with van der Waals surface area (Å²) in [4.78, 5) is 14.3. The van der Waals surface area contributed by atoms with E-state index in [-0.39, 0.29) is 5.69 Å². The Balaban J connectivity index is 2.07. The molecule has 0 aliphatic rings. The summed E-state index contributed by atoms with van der Waals surface area (Å²) in [7, 11) is 0. The van der Waals surface area contributed by atoms with Crippen molar-refractivity contribution in [2.75, 3.05) is 5.32 Å². The molecule has 1 aromatic heterocycles. The van der Waals surface area contributed by atoms with Crippen LogP contribution in [0.1, 0.15) is 5.56 Å². The Labute approximate surface area is 112 Å². The molecule has 0 spiro atoms. The van der Waals surface area contributed by atoms with Gasteiger partial charge in [0.2, 0.25) is 0 Å². The van der Waals surface area contributed by atoms with Crippen molar-refractivity contribution in [3.8, 4) is 0 Å². The Bertz CT molecular complexity index is 561. The van der Waals surface area contributed by atoms with Crippen LogP contribution >= 0.6 is 15.9 Å². The summed E-state index contributed by atoms with van der Waals surface area (Å²) < 4.78 is 0.462. The number of aromatic nitrogens is 1. The molecule has 0 aliphatic heterocycles. The Hall–Kier alpha value is -1.95. The van der Waals surface area contributed by atoms with E-state index in [1.54, 1.807) is 24.5 Å². The standard InChI is InChI=1S/C12H10BrN3O2/c13-11-6-10(3-4-12(11)16(17)18)15-8-9-2-1-5-14-7-9/h1-7,15H,8H2. The van der Waals surface area contributed by atoms with Gasteiger partial charge in [-0.2, -0.15) is 0 Å². The number of nitro groups is 1. The lowest BCUT2D eigenvalue weighted by Gasteiger charge is -2.06. The fraction of sp³-hybridized carbons (Fsp3) is 0.0833. The summed E-state index contributed by atoms with van der Waals surface area (Å²) in [5.74, 6) is 0. The van der Waals surface area contributed by atoms with Gasteiger partial charge in [0.25, 0.3) is 5.69 Å². The van der Waals surface area contributed by atoms with E-state index in [4.69, 9.17) is 0 Å². The third-order valence-electron chi connectivity index (χ3n) is 2.36. The smallest absolute Gasteiger partial charge is 0.283 e. The summed E-state index contributed by atoms with van der Waals surface area (Å²) >= 11 is 3.18. The van der Waals surface area contributed by atoms with Crippen molar-refractivity contribution in [2.45, 2.75) is 6.54 Å². The SMILES string of the molecule is O=[N+]([O-])c1ccc(NCc2cccnc2)cc1Br. The van der Waals surface area contributed by atoms with Crippen LogP contribution in [0.4, 0.5) is 11.4 Å². The predicted octanol–water partition coefficient (Wildman–Crippen LogP) is 3.36. The van der Waals surface area contributed by atoms with Gasteiger partial charge in [-0.15, -0.1) is 0 Å². The molecule has 6 heteroatoms. The Kier molecular flexibility index (Phi) is 3.88. The van der Waals surface area contributed by atoms with Crippen molar-refractivity contribution >= 4 is 27.3 Å². The monoisotopic (exact) mass is 307 g/mol. The molecule has 0 amide bonds. The van der Waals surface area contributed by atoms with E-state index < -0.39 is 4.92 Å². The number of nitrogens with one attached hydrogen (secondary N) is 1. The van der Waals surface area contributed by atoms with Gasteiger partial charge in [-0.3, -0.25) is 15.1 Å². The summed E-state index contributed by atoms with van der Waals surface area (Å²) in [5.41, 5.74) is 1.92. The minimum Gasteiger partial charge on any atom is -0.381 e. The largest absolute Gasteiger partial charge is 0.381 e. The highest BCUT2D eigenvalue weighted by Crippen LogP contribution is 2.27. The van der Waals surface area contributed by atoms with Gasteiger partial charge in [-0.25, -0.2) is 0 Å². The lowest BCUT2D eigenvalue weighted by Crippen LogP contribution is -2.00. The second-order valence-electron chi connectivity index (χ2n) is 3.64. The maximum Gasteiger partial charge on any atom is 0.283 e. The number of benzene rings is 1. The van der Waals surface area contributed by atoms with Gasteiger partial charge in [0.05, 0.1) is 9.40 Å². The van der Waals surface area contributed by atoms with E-state index in [9.17, 15) is 10.1 Å². The van der Waals surface area contributed by atoms with Crippen LogP contribution in [-0.2, 0) is 6.54 Å². The molecule has 1 aromatic carbocycles. The van der Waals surface area contributed by atoms with Gasteiger partial charge in [0.1, 0.15) is 0 Å². The second-order valence-corrected chi connectivity index (χ2v) is 4.49. The van der Waals surface area contributed by atoms with Crippen LogP contribution in [-0.4, -0.2) is 9.91 Å². The van der Waals surface area contributed by atoms with E-state index in [2.05, 4.69) is 26.2 Å². The van der Waals surface area contributed by atoms with E-state index in [0.717, 1.165) is 11.3 Å². The van der Waals surface area contributed by atoms with Crippen LogP contribution in [0.5, 0.6) is 0 Å². The van der Waals surface area contributed by atoms with E-state index in [1.165, 1.54) is 6.07 Å². The zero-order valence-electron chi connectivity index (χ0n) is 9.34. The number of hydrogen-bond acceptors (Lipinski definition) is 4. The first-order chi connectivity index (χ1) is 8.66. The van der Waals surface area contributed by atoms with Gasteiger partial charge in [-0.05, 0) is 39.7 Å². The molecule has 5 nitrogen and oxygen atoms in total. The van der Waals surface area contributed by atoms with Crippen molar-refractivity contribution in [1.82, 2.24) is 4.98 Å². The van der Waals surface area contributed by atoms with Gasteiger partial charge in [-0.1, -0.05) is 6.07 Å². The number of nitrogens with zero attached hydrogens (tertiary/aromatic N) is 2. The summed E-state index contributed by atoms with van der Waals surface area (Å²) in [6, 6.07) is 8.66. The van der Waals surface area contributed by atoms with Crippen LogP contribution in [0.25, 0.3) is 0 Å². The molecule has 0 atom stereocenters. The van der Waals surface area contributed by atoms with E-state index >= 15 is 0 Å². The Morgan fingerprint density at radius 3 is 2.83 bits per heavy atom. The molecule has 0 radical (unpaired) electrons. The molecule has 1 heterocycles. The lowest BCUT2D eigenvalue weighted by molar-refractivity contribution is -0.385. The van der Waals surface area contributed by atoms with Crippen LogP contribution < -0.4 is 5.32 Å². The molecule has 0 bridgehead atoms. The maximum absolute atomic E-state index is 10.7. The summed E-state index contributed by atoms with van der Waals surface area (Å²) in [6.07, 6.45) is 3.49. The molecule has 0 unspecified atom stereocenters. The number of pyridine rings is 1. The number of nitro benzene ring substituents is 1. The highest BCUT2D eigenvalue weighted by atomic mass is 79.9. The molecule has 0 fully saturated rings. The topological polar surface area (TPSA) is 68.1 Å². The fourth-order valence-electron chi connectivity index (χ4n) is 1.47. The van der Waals surface area contributed by atoms with Crippen molar-refractivity contribution in [1.29, 1.82) is 0 Å². The van der Waals surface area contributed by atoms with Crippen LogP contribution in [0.2, 0.25) is 0 Å². The van der Waals surface area contributed by atoms with Crippen molar-refractivity contribution < 1.29 is 4.92 Å². The van der Waals surface area contributed by atoms with Gasteiger partial charge >= 0.3 is 0 Å².